The Hall–Kier alpha value is -1.86. The average Bonchev–Trinajstić information content (AvgIpc) is 2.53. The number of carbonyl (C=O) groups excluding carboxylic acids is 2. The third-order valence-corrected chi connectivity index (χ3v) is 3.94. The average molecular weight is 366 g/mol. The van der Waals surface area contributed by atoms with Crippen molar-refractivity contribution in [1.82, 2.24) is 15.8 Å². The van der Waals surface area contributed by atoms with E-state index in [2.05, 4.69) is 31.8 Å². The van der Waals surface area contributed by atoms with Crippen LogP contribution in [0.15, 0.2) is 58.0 Å². The zero-order valence-electron chi connectivity index (χ0n) is 10.9. The molecular weight excluding hydrogens is 354 g/mol. The highest BCUT2D eigenvalue weighted by Crippen LogP contribution is 2.20. The van der Waals surface area contributed by atoms with E-state index in [9.17, 15) is 9.59 Å². The van der Waals surface area contributed by atoms with Gasteiger partial charge in [-0.3, -0.25) is 25.4 Å². The molecule has 0 unspecified atom stereocenters. The van der Waals surface area contributed by atoms with Crippen molar-refractivity contribution in [1.29, 1.82) is 0 Å². The maximum Gasteiger partial charge on any atom is 0.288 e. The molecule has 7 heteroatoms. The molecule has 2 N–H and O–H groups in total. The first-order valence-corrected chi connectivity index (χ1v) is 7.81. The monoisotopic (exact) mass is 365 g/mol. The second kappa shape index (κ2) is 7.80. The number of benzene rings is 1. The molecule has 5 nitrogen and oxygen atoms in total. The number of thioether (sulfide) groups is 1. The van der Waals surface area contributed by atoms with Gasteiger partial charge in [0, 0.05) is 15.6 Å². The van der Waals surface area contributed by atoms with E-state index < -0.39 is 5.91 Å². The van der Waals surface area contributed by atoms with Gasteiger partial charge >= 0.3 is 0 Å². The molecule has 0 saturated heterocycles. The molecule has 0 saturated carbocycles. The zero-order chi connectivity index (χ0) is 15.1. The standard InChI is InChI=1S/C14H12BrN3O2S/c15-10-4-6-11(7-5-10)21-9-13(19)17-18-14(20)12-3-1-2-8-16-12/h1-8H,9H2,(H,17,19)(H,18,20). The lowest BCUT2D eigenvalue weighted by Crippen LogP contribution is -2.42. The van der Waals surface area contributed by atoms with Crippen molar-refractivity contribution in [2.75, 3.05) is 5.75 Å². The van der Waals surface area contributed by atoms with Crippen molar-refractivity contribution in [2.24, 2.45) is 0 Å². The minimum absolute atomic E-state index is 0.212. The van der Waals surface area contributed by atoms with Crippen LogP contribution in [0.1, 0.15) is 10.5 Å². The Bertz CT molecular complexity index is 620. The molecule has 0 fully saturated rings. The van der Waals surface area contributed by atoms with E-state index in [4.69, 9.17) is 0 Å². The van der Waals surface area contributed by atoms with Crippen molar-refractivity contribution in [3.8, 4) is 0 Å². The first kappa shape index (κ1) is 15.5. The maximum absolute atomic E-state index is 11.7. The Balaban J connectivity index is 1.75. The van der Waals surface area contributed by atoms with Crippen LogP contribution in [0, 0.1) is 0 Å². The van der Waals surface area contributed by atoms with Gasteiger partial charge in [0.2, 0.25) is 5.91 Å². The Morgan fingerprint density at radius 1 is 1.10 bits per heavy atom. The van der Waals surface area contributed by atoms with Crippen LogP contribution in [-0.2, 0) is 4.79 Å². The third kappa shape index (κ3) is 5.20. The number of nitrogens with zero attached hydrogens (tertiary/aromatic N) is 1. The van der Waals surface area contributed by atoms with Crippen LogP contribution in [0.25, 0.3) is 0 Å². The third-order valence-electron chi connectivity index (χ3n) is 2.40. The summed E-state index contributed by atoms with van der Waals surface area (Å²) >= 11 is 4.73. The van der Waals surface area contributed by atoms with Crippen LogP contribution < -0.4 is 10.9 Å². The second-order valence-electron chi connectivity index (χ2n) is 3.96. The molecule has 0 radical (unpaired) electrons. The van der Waals surface area contributed by atoms with E-state index in [0.717, 1.165) is 9.37 Å². The zero-order valence-corrected chi connectivity index (χ0v) is 13.3. The van der Waals surface area contributed by atoms with Crippen LogP contribution in [0.2, 0.25) is 0 Å². The van der Waals surface area contributed by atoms with Gasteiger partial charge in [-0.2, -0.15) is 0 Å². The number of pyridine rings is 1. The number of halogens is 1. The summed E-state index contributed by atoms with van der Waals surface area (Å²) in [6, 6.07) is 12.6. The highest BCUT2D eigenvalue weighted by molar-refractivity contribution is 9.10. The number of hydrogen-bond acceptors (Lipinski definition) is 4. The molecule has 108 valence electrons. The van der Waals surface area contributed by atoms with E-state index in [0.29, 0.717) is 0 Å². The Labute approximate surface area is 134 Å². The fourth-order valence-electron chi connectivity index (χ4n) is 1.40. The summed E-state index contributed by atoms with van der Waals surface area (Å²) in [4.78, 5) is 28.2. The first-order valence-electron chi connectivity index (χ1n) is 6.04. The second-order valence-corrected chi connectivity index (χ2v) is 5.92. The summed E-state index contributed by atoms with van der Waals surface area (Å²) in [6.07, 6.45) is 1.51. The topological polar surface area (TPSA) is 71.1 Å². The molecule has 0 atom stereocenters. The van der Waals surface area contributed by atoms with E-state index in [1.165, 1.54) is 18.0 Å². The Kier molecular flexibility index (Phi) is 5.77. The smallest absolute Gasteiger partial charge is 0.272 e. The van der Waals surface area contributed by atoms with Crippen LogP contribution in [0.3, 0.4) is 0 Å². The van der Waals surface area contributed by atoms with Crippen LogP contribution in [0.5, 0.6) is 0 Å². The molecule has 0 bridgehead atoms. The molecule has 1 aromatic heterocycles. The molecule has 2 rings (SSSR count). The maximum atomic E-state index is 11.7. The summed E-state index contributed by atoms with van der Waals surface area (Å²) in [5, 5.41) is 0. The predicted molar refractivity (Wildman–Crippen MR) is 84.7 cm³/mol. The quantitative estimate of drug-likeness (QED) is 0.644. The molecular formula is C14H12BrN3O2S. The number of carbonyl (C=O) groups is 2. The molecule has 0 aliphatic heterocycles. The van der Waals surface area contributed by atoms with Gasteiger partial charge < -0.3 is 0 Å². The molecule has 1 heterocycles. The summed E-state index contributed by atoms with van der Waals surface area (Å²) in [7, 11) is 0. The van der Waals surface area contributed by atoms with Gasteiger partial charge in [0.25, 0.3) is 5.91 Å². The normalized spacial score (nSPS) is 9.95. The van der Waals surface area contributed by atoms with E-state index >= 15 is 0 Å². The minimum Gasteiger partial charge on any atom is -0.272 e. The lowest BCUT2D eigenvalue weighted by Gasteiger charge is -2.06. The SMILES string of the molecule is O=C(CSc1ccc(Br)cc1)NNC(=O)c1ccccn1. The molecule has 0 aliphatic rings. The first-order chi connectivity index (χ1) is 10.1. The van der Waals surface area contributed by atoms with Crippen molar-refractivity contribution >= 4 is 39.5 Å². The Morgan fingerprint density at radius 3 is 2.52 bits per heavy atom. The highest BCUT2D eigenvalue weighted by Gasteiger charge is 2.08. The molecule has 0 spiro atoms. The number of hydrazine groups is 1. The number of rotatable bonds is 4. The molecule has 21 heavy (non-hydrogen) atoms. The van der Waals surface area contributed by atoms with Gasteiger partial charge in [0.15, 0.2) is 0 Å². The number of hydrogen-bond donors (Lipinski definition) is 2. The lowest BCUT2D eigenvalue weighted by atomic mass is 10.3. The number of aromatic nitrogens is 1. The molecule has 2 amide bonds. The van der Waals surface area contributed by atoms with Gasteiger partial charge in [0.1, 0.15) is 5.69 Å². The summed E-state index contributed by atoms with van der Waals surface area (Å²) < 4.78 is 0.985. The highest BCUT2D eigenvalue weighted by atomic mass is 79.9. The van der Waals surface area contributed by atoms with Gasteiger partial charge in [0.05, 0.1) is 5.75 Å². The number of amides is 2. The lowest BCUT2D eigenvalue weighted by molar-refractivity contribution is -0.119. The van der Waals surface area contributed by atoms with Gasteiger partial charge in [-0.1, -0.05) is 22.0 Å². The van der Waals surface area contributed by atoms with Gasteiger partial charge in [-0.25, -0.2) is 0 Å². The van der Waals surface area contributed by atoms with Gasteiger partial charge in [-0.05, 0) is 36.4 Å². The van der Waals surface area contributed by atoms with Crippen LogP contribution in [-0.4, -0.2) is 22.6 Å². The summed E-state index contributed by atoms with van der Waals surface area (Å²) in [6.45, 7) is 0. The number of nitrogens with one attached hydrogen (secondary N) is 2. The fraction of sp³-hybridized carbons (Fsp3) is 0.0714. The largest absolute Gasteiger partial charge is 0.288 e. The molecule has 0 aliphatic carbocycles. The minimum atomic E-state index is -0.447. The van der Waals surface area contributed by atoms with Gasteiger partial charge in [-0.15, -0.1) is 11.8 Å². The van der Waals surface area contributed by atoms with E-state index in [1.807, 2.05) is 24.3 Å². The molecule has 2 aromatic rings. The fourth-order valence-corrected chi connectivity index (χ4v) is 2.37. The summed E-state index contributed by atoms with van der Waals surface area (Å²) in [5.74, 6) is -0.519. The van der Waals surface area contributed by atoms with E-state index in [1.54, 1.807) is 18.2 Å². The van der Waals surface area contributed by atoms with E-state index in [-0.39, 0.29) is 17.4 Å². The summed E-state index contributed by atoms with van der Waals surface area (Å²) in [5.41, 5.74) is 4.92. The van der Waals surface area contributed by atoms with Crippen molar-refractivity contribution in [3.05, 3.63) is 58.8 Å². The van der Waals surface area contributed by atoms with Crippen molar-refractivity contribution in [3.63, 3.8) is 0 Å². The predicted octanol–water partition coefficient (Wildman–Crippen LogP) is 2.40. The molecule has 1 aromatic carbocycles. The van der Waals surface area contributed by atoms with Crippen LogP contribution >= 0.6 is 27.7 Å². The van der Waals surface area contributed by atoms with Crippen molar-refractivity contribution < 1.29 is 9.59 Å². The Morgan fingerprint density at radius 2 is 1.86 bits per heavy atom. The van der Waals surface area contributed by atoms with Crippen LogP contribution in [0.4, 0.5) is 0 Å². The van der Waals surface area contributed by atoms with Crippen molar-refractivity contribution in [2.45, 2.75) is 4.90 Å².